The maximum atomic E-state index is 16.4. The number of amides is 4. The molecule has 7 rings (SSSR count). The third-order valence-electron chi connectivity index (χ3n) is 14.1. The van der Waals surface area contributed by atoms with E-state index in [9.17, 15) is 46.2 Å². The van der Waals surface area contributed by atoms with Crippen molar-refractivity contribution in [3.63, 3.8) is 0 Å². The molecule has 0 saturated carbocycles. The number of piperazine rings is 1. The highest BCUT2D eigenvalue weighted by Crippen LogP contribution is 2.41. The second kappa shape index (κ2) is 23.7. The predicted molar refractivity (Wildman–Crippen MR) is 269 cm³/mol. The van der Waals surface area contributed by atoms with Gasteiger partial charge in [0.15, 0.2) is 11.6 Å². The fourth-order valence-corrected chi connectivity index (χ4v) is 9.56. The lowest BCUT2D eigenvalue weighted by molar-refractivity contribution is -0.220. The van der Waals surface area contributed by atoms with Gasteiger partial charge in [0.2, 0.25) is 11.8 Å². The molecular weight excluding hydrogens is 1020 g/mol. The molecule has 5 N–H and O–H groups in total. The number of halogens is 7. The van der Waals surface area contributed by atoms with E-state index in [0.717, 1.165) is 76.5 Å². The summed E-state index contributed by atoms with van der Waals surface area (Å²) < 4.78 is 114. The highest BCUT2D eigenvalue weighted by atomic mass is 19.4. The molecule has 416 valence electrons. The second-order valence-corrected chi connectivity index (χ2v) is 21.0. The number of aliphatic hydroxyl groups excluding tert-OH is 1. The van der Waals surface area contributed by atoms with Crippen LogP contribution in [0.25, 0.3) is 11.3 Å². The standard InChI is InChI=1S/C53H63F7N10O7/c1-8-43(72)63-45(51(2,3)4)48(74)66-69(44-37(54)22-33(23-38(44)55)39-19-20-68(65-39)49(56)57)27-41(71)40(62-47(73)46(64-50(75)76-7)52(5,6)53(58,59)60)21-31-12-9-30(10-13-31)11-14-32-15-18-42(61-24-32)67-25-34-16-17-35(26-67)70(34)36-28-77-29-36/h9-10,12-13,15,18-20,22-24,34-36,40-41,45-46,49,71H,8,16-17,21,25-29H2,1-7H3,(H,62,73)(H,63,72)(H,64,75)(H,66,74)/t34?,35?,40?,41-,45+,46+/m0/s1. The van der Waals surface area contributed by atoms with Crippen LogP contribution in [-0.4, -0.2) is 137 Å². The molecular formula is C53H63F7N10O7. The number of nitrogens with zero attached hydrogens (tertiary/aromatic N) is 6. The summed E-state index contributed by atoms with van der Waals surface area (Å²) in [7, 11) is 0.873. The van der Waals surface area contributed by atoms with Gasteiger partial charge in [0.05, 0.1) is 56.2 Å². The Morgan fingerprint density at radius 2 is 1.48 bits per heavy atom. The van der Waals surface area contributed by atoms with E-state index in [-0.39, 0.29) is 28.8 Å². The van der Waals surface area contributed by atoms with Gasteiger partial charge in [-0.1, -0.05) is 51.7 Å². The summed E-state index contributed by atoms with van der Waals surface area (Å²) in [5, 5.41) is 23.2. The Morgan fingerprint density at radius 3 is 2.00 bits per heavy atom. The summed E-state index contributed by atoms with van der Waals surface area (Å²) >= 11 is 0. The Morgan fingerprint density at radius 1 is 0.857 bits per heavy atom. The number of alkyl carbamates (subject to hydrolysis) is 1. The fourth-order valence-electron chi connectivity index (χ4n) is 9.56. The Balaban J connectivity index is 1.18. The van der Waals surface area contributed by atoms with E-state index < -0.39 is 95.5 Å². The monoisotopic (exact) mass is 1080 g/mol. The number of methoxy groups -OCH3 is 1. The lowest BCUT2D eigenvalue weighted by Gasteiger charge is -2.47. The number of nitrogens with one attached hydrogen (secondary N) is 4. The molecule has 2 bridgehead atoms. The number of benzene rings is 2. The van der Waals surface area contributed by atoms with Crippen LogP contribution in [0.3, 0.4) is 0 Å². The number of aromatic nitrogens is 3. The van der Waals surface area contributed by atoms with Crippen LogP contribution < -0.4 is 31.3 Å². The number of aliphatic hydroxyl groups is 1. The molecule has 17 nitrogen and oxygen atoms in total. The molecule has 3 unspecified atom stereocenters. The molecule has 24 heteroatoms. The molecule has 3 fully saturated rings. The van der Waals surface area contributed by atoms with Gasteiger partial charge < -0.3 is 35.4 Å². The molecule has 77 heavy (non-hydrogen) atoms. The zero-order valence-corrected chi connectivity index (χ0v) is 43.6. The number of ether oxygens (including phenoxy) is 2. The first-order valence-electron chi connectivity index (χ1n) is 25.0. The number of alkyl halides is 5. The van der Waals surface area contributed by atoms with E-state index in [2.05, 4.69) is 47.5 Å². The van der Waals surface area contributed by atoms with Crippen molar-refractivity contribution in [1.29, 1.82) is 0 Å². The van der Waals surface area contributed by atoms with Gasteiger partial charge in [-0.15, -0.1) is 0 Å². The molecule has 3 aliphatic rings. The van der Waals surface area contributed by atoms with Crippen molar-refractivity contribution in [1.82, 2.24) is 41.0 Å². The number of rotatable bonds is 18. The van der Waals surface area contributed by atoms with Gasteiger partial charge in [-0.2, -0.15) is 27.1 Å². The number of carbonyl (C=O) groups excluding carboxylic acids is 4. The number of carbonyl (C=O) groups is 4. The molecule has 0 aliphatic carbocycles. The number of hydrazine groups is 1. The van der Waals surface area contributed by atoms with Crippen molar-refractivity contribution >= 4 is 35.3 Å². The van der Waals surface area contributed by atoms with Crippen molar-refractivity contribution in [2.75, 3.05) is 49.9 Å². The van der Waals surface area contributed by atoms with Gasteiger partial charge in [0, 0.05) is 60.7 Å². The third kappa shape index (κ3) is 13.6. The zero-order chi connectivity index (χ0) is 56.1. The number of hydrogen-bond acceptors (Lipinski definition) is 12. The molecule has 3 saturated heterocycles. The van der Waals surface area contributed by atoms with Crippen LogP contribution in [0.2, 0.25) is 0 Å². The number of pyridine rings is 1. The van der Waals surface area contributed by atoms with E-state index in [1.807, 2.05) is 17.4 Å². The third-order valence-corrected chi connectivity index (χ3v) is 14.1. The van der Waals surface area contributed by atoms with Gasteiger partial charge in [-0.3, -0.25) is 29.7 Å². The maximum absolute atomic E-state index is 16.4. The highest BCUT2D eigenvalue weighted by molar-refractivity contribution is 5.89. The molecule has 2 aromatic carbocycles. The zero-order valence-electron chi connectivity index (χ0n) is 43.6. The molecule has 0 radical (unpaired) electrons. The Labute approximate surface area is 441 Å². The SMILES string of the molecule is CCC(=O)N[C@H](C(=O)NN(C[C@H](O)C(Cc1ccc(C#Cc2ccc(N3CC4CCC(C3)N4C3COC3)nc2)cc1)NC(=O)[C@@H](NC(=O)OC)C(C)(C)C(F)(F)F)c1c(F)cc(-c2ccn(C(F)F)n2)cc1F)C(C)(C)C. The van der Waals surface area contributed by atoms with Gasteiger partial charge in [-0.05, 0) is 86.6 Å². The smallest absolute Gasteiger partial charge is 0.407 e. The summed E-state index contributed by atoms with van der Waals surface area (Å²) in [5.74, 6) is 1.17. The fraction of sp³-hybridized carbons (Fsp3) is 0.509. The minimum Gasteiger partial charge on any atom is -0.453 e. The van der Waals surface area contributed by atoms with Crippen molar-refractivity contribution in [3.05, 3.63) is 95.3 Å². The number of anilines is 2. The van der Waals surface area contributed by atoms with Crippen molar-refractivity contribution in [3.8, 4) is 23.1 Å². The van der Waals surface area contributed by atoms with Crippen LogP contribution in [0.1, 0.15) is 84.0 Å². The molecule has 3 aliphatic heterocycles. The Hall–Kier alpha value is -6.97. The van der Waals surface area contributed by atoms with Crippen LogP contribution in [0.5, 0.6) is 0 Å². The molecule has 2 aromatic heterocycles. The van der Waals surface area contributed by atoms with E-state index in [0.29, 0.717) is 53.7 Å². The largest absolute Gasteiger partial charge is 0.453 e. The van der Waals surface area contributed by atoms with Gasteiger partial charge in [0.1, 0.15) is 23.6 Å². The average molecular weight is 1090 g/mol. The van der Waals surface area contributed by atoms with Gasteiger partial charge in [0.25, 0.3) is 5.91 Å². The van der Waals surface area contributed by atoms with Crippen LogP contribution in [0.4, 0.5) is 47.0 Å². The number of fused-ring (bicyclic) bond motifs is 2. The minimum atomic E-state index is -5.10. The topological polar surface area (TPSA) is 196 Å². The lowest BCUT2D eigenvalue weighted by Crippen LogP contribution is -2.63. The average Bonchev–Trinajstić information content (AvgIpc) is 3.94. The van der Waals surface area contributed by atoms with Crippen LogP contribution in [0.15, 0.2) is 67.0 Å². The molecule has 6 atom stereocenters. The number of hydrogen-bond donors (Lipinski definition) is 5. The summed E-state index contributed by atoms with van der Waals surface area (Å²) in [5.41, 5.74) is -1.66. The van der Waals surface area contributed by atoms with Gasteiger partial charge in [-0.25, -0.2) is 23.2 Å². The molecule has 4 aromatic rings. The molecule has 4 amide bonds. The minimum absolute atomic E-state index is 0.0537. The van der Waals surface area contributed by atoms with E-state index in [4.69, 9.17) is 9.72 Å². The first kappa shape index (κ1) is 57.7. The summed E-state index contributed by atoms with van der Waals surface area (Å²) in [4.78, 5) is 62.9. The van der Waals surface area contributed by atoms with Crippen LogP contribution in [-0.2, 0) is 30.3 Å². The Bertz CT molecular complexity index is 2770. The van der Waals surface area contributed by atoms with E-state index in [1.54, 1.807) is 51.2 Å². The summed E-state index contributed by atoms with van der Waals surface area (Å²) in [6.45, 7) is 6.84. The van der Waals surface area contributed by atoms with Crippen LogP contribution >= 0.6 is 0 Å². The van der Waals surface area contributed by atoms with Crippen molar-refractivity contribution in [2.24, 2.45) is 10.8 Å². The quantitative estimate of drug-likeness (QED) is 0.0428. The Kier molecular flexibility index (Phi) is 17.8. The normalized spacial score (nSPS) is 18.5. The van der Waals surface area contributed by atoms with E-state index in [1.165, 1.54) is 6.92 Å². The van der Waals surface area contributed by atoms with Crippen LogP contribution in [0, 0.1) is 34.3 Å². The maximum Gasteiger partial charge on any atom is 0.407 e. The highest BCUT2D eigenvalue weighted by Gasteiger charge is 2.56. The molecule has 0 spiro atoms. The first-order chi connectivity index (χ1) is 36.3. The summed E-state index contributed by atoms with van der Waals surface area (Å²) in [6, 6.07) is 8.71. The van der Waals surface area contributed by atoms with Gasteiger partial charge >= 0.3 is 18.8 Å². The van der Waals surface area contributed by atoms with Crippen molar-refractivity contribution in [2.45, 2.75) is 122 Å². The lowest BCUT2D eigenvalue weighted by atomic mass is 9.82. The second-order valence-electron chi connectivity index (χ2n) is 21.0. The van der Waals surface area contributed by atoms with E-state index >= 15 is 8.78 Å². The predicted octanol–water partition coefficient (Wildman–Crippen LogP) is 6.25. The molecule has 5 heterocycles. The summed E-state index contributed by atoms with van der Waals surface area (Å²) in [6.07, 6.45) is -4.11. The first-order valence-corrected chi connectivity index (χ1v) is 25.0. The van der Waals surface area contributed by atoms with Crippen molar-refractivity contribution < 1.29 is 64.5 Å².